The van der Waals surface area contributed by atoms with Crippen molar-refractivity contribution in [1.82, 2.24) is 9.91 Å². The zero-order chi connectivity index (χ0) is 28.5. The summed E-state index contributed by atoms with van der Waals surface area (Å²) in [7, 11) is -7.88. The molecule has 1 unspecified atom stereocenters. The minimum atomic E-state index is -4.16. The molecule has 0 radical (unpaired) electrons. The van der Waals surface area contributed by atoms with E-state index in [-0.39, 0.29) is 42.7 Å². The van der Waals surface area contributed by atoms with Gasteiger partial charge >= 0.3 is 0 Å². The summed E-state index contributed by atoms with van der Waals surface area (Å²) < 4.78 is 55.1. The van der Waals surface area contributed by atoms with E-state index >= 15 is 0 Å². The van der Waals surface area contributed by atoms with Gasteiger partial charge in [0.05, 0.1) is 22.4 Å². The standard InChI is InChI=1S/C27H27Cl2N5O4S2/c28-21-8-6-20(7-9-21)26-25(19-4-2-1-3-5-19)18-34(31-26)27(33-16-14-23(15-17-33)39(30,35)36)32-40(37,38)24-12-10-22(29)11-13-24/h1-13,23,25H,14-18H2,(H2,30,35,36). The molecule has 1 atom stereocenters. The van der Waals surface area contributed by atoms with E-state index in [2.05, 4.69) is 4.40 Å². The Kier molecular flexibility index (Phi) is 8.21. The highest BCUT2D eigenvalue weighted by Gasteiger charge is 2.37. The minimum Gasteiger partial charge on any atom is -0.340 e. The van der Waals surface area contributed by atoms with Crippen molar-refractivity contribution in [3.63, 3.8) is 0 Å². The average molecular weight is 621 g/mol. The van der Waals surface area contributed by atoms with Crippen molar-refractivity contribution >= 4 is 54.9 Å². The zero-order valence-corrected chi connectivity index (χ0v) is 24.4. The predicted octanol–water partition coefficient (Wildman–Crippen LogP) is 4.29. The van der Waals surface area contributed by atoms with Crippen LogP contribution < -0.4 is 5.14 Å². The van der Waals surface area contributed by atoms with Gasteiger partial charge < -0.3 is 4.90 Å². The number of benzene rings is 3. The second-order valence-corrected chi connectivity index (χ2v) is 14.0. The number of hydrazone groups is 1. The topological polar surface area (TPSA) is 126 Å². The van der Waals surface area contributed by atoms with E-state index in [1.807, 2.05) is 42.5 Å². The number of primary sulfonamides is 1. The number of piperidine rings is 1. The van der Waals surface area contributed by atoms with Gasteiger partial charge in [0.15, 0.2) is 0 Å². The molecule has 2 aliphatic heterocycles. The maximum atomic E-state index is 13.5. The Labute approximate surface area is 244 Å². The molecule has 13 heteroatoms. The summed E-state index contributed by atoms with van der Waals surface area (Å²) in [6, 6.07) is 22.9. The van der Waals surface area contributed by atoms with Gasteiger partial charge in [0.25, 0.3) is 10.0 Å². The summed E-state index contributed by atoms with van der Waals surface area (Å²) in [6.07, 6.45) is 0.477. The third-order valence-corrected chi connectivity index (χ3v) is 10.2. The van der Waals surface area contributed by atoms with Crippen LogP contribution in [0.1, 0.15) is 29.9 Å². The summed E-state index contributed by atoms with van der Waals surface area (Å²) in [5.41, 5.74) is 2.58. The molecule has 0 aliphatic carbocycles. The van der Waals surface area contributed by atoms with Crippen LogP contribution in [0, 0.1) is 0 Å². The Bertz CT molecular complexity index is 1640. The second-order valence-electron chi connectivity index (χ2n) is 9.63. The van der Waals surface area contributed by atoms with E-state index in [1.165, 1.54) is 24.3 Å². The van der Waals surface area contributed by atoms with Crippen molar-refractivity contribution < 1.29 is 16.8 Å². The van der Waals surface area contributed by atoms with Gasteiger partial charge in [0, 0.05) is 29.1 Å². The Balaban J connectivity index is 1.58. The molecule has 2 aliphatic rings. The number of hydrogen-bond donors (Lipinski definition) is 1. The van der Waals surface area contributed by atoms with E-state index in [9.17, 15) is 16.8 Å². The lowest BCUT2D eigenvalue weighted by Crippen LogP contribution is -2.49. The number of sulfonamides is 2. The molecule has 40 heavy (non-hydrogen) atoms. The van der Waals surface area contributed by atoms with E-state index in [4.69, 9.17) is 33.4 Å². The third-order valence-electron chi connectivity index (χ3n) is 6.99. The quantitative estimate of drug-likeness (QED) is 0.335. The van der Waals surface area contributed by atoms with Crippen LogP contribution in [-0.4, -0.2) is 63.3 Å². The van der Waals surface area contributed by atoms with E-state index < -0.39 is 25.3 Å². The van der Waals surface area contributed by atoms with Crippen molar-refractivity contribution in [3.8, 4) is 0 Å². The first-order valence-electron chi connectivity index (χ1n) is 12.6. The Morgan fingerprint density at radius 2 is 1.43 bits per heavy atom. The highest BCUT2D eigenvalue weighted by atomic mass is 35.5. The Morgan fingerprint density at radius 1 is 0.850 bits per heavy atom. The van der Waals surface area contributed by atoms with Crippen LogP contribution in [-0.2, 0) is 20.0 Å². The van der Waals surface area contributed by atoms with Crippen LogP contribution in [0.25, 0.3) is 0 Å². The SMILES string of the molecule is NS(=O)(=O)C1CCN(C(=NS(=O)(=O)c2ccc(Cl)cc2)N2CC(c3ccccc3)C(c3ccc(Cl)cc3)=N2)CC1. The summed E-state index contributed by atoms with van der Waals surface area (Å²) in [5.74, 6) is -0.0690. The van der Waals surface area contributed by atoms with Gasteiger partial charge in [-0.15, -0.1) is 4.40 Å². The monoisotopic (exact) mass is 619 g/mol. The molecule has 3 aromatic carbocycles. The lowest BCUT2D eigenvalue weighted by Gasteiger charge is -2.35. The van der Waals surface area contributed by atoms with Crippen LogP contribution in [0.3, 0.4) is 0 Å². The fourth-order valence-corrected chi connectivity index (χ4v) is 7.00. The van der Waals surface area contributed by atoms with E-state index in [0.29, 0.717) is 16.6 Å². The molecule has 1 fully saturated rings. The van der Waals surface area contributed by atoms with E-state index in [0.717, 1.165) is 16.8 Å². The lowest BCUT2D eigenvalue weighted by atomic mass is 9.91. The lowest BCUT2D eigenvalue weighted by molar-refractivity contribution is 0.291. The molecule has 0 spiro atoms. The first-order valence-corrected chi connectivity index (χ1v) is 16.4. The maximum absolute atomic E-state index is 13.5. The number of nitrogens with two attached hydrogens (primary N) is 1. The smallest absolute Gasteiger partial charge is 0.285 e. The number of halogens is 2. The molecule has 0 bridgehead atoms. The van der Waals surface area contributed by atoms with Crippen molar-refractivity contribution in [2.75, 3.05) is 19.6 Å². The fourth-order valence-electron chi connectivity index (χ4n) is 4.87. The van der Waals surface area contributed by atoms with Gasteiger partial charge in [0.2, 0.25) is 16.0 Å². The van der Waals surface area contributed by atoms with Gasteiger partial charge in [-0.2, -0.15) is 13.5 Å². The van der Waals surface area contributed by atoms with Gasteiger partial charge in [-0.25, -0.2) is 18.6 Å². The van der Waals surface area contributed by atoms with Gasteiger partial charge in [0.1, 0.15) is 0 Å². The molecule has 0 aromatic heterocycles. The molecule has 0 saturated carbocycles. The van der Waals surface area contributed by atoms with Crippen LogP contribution in [0.4, 0.5) is 0 Å². The first-order chi connectivity index (χ1) is 19.0. The Hall–Kier alpha value is -2.96. The summed E-state index contributed by atoms with van der Waals surface area (Å²) in [4.78, 5) is 1.74. The summed E-state index contributed by atoms with van der Waals surface area (Å²) >= 11 is 12.1. The molecular formula is C27H27Cl2N5O4S2. The van der Waals surface area contributed by atoms with Gasteiger partial charge in [-0.3, -0.25) is 0 Å². The van der Waals surface area contributed by atoms with Gasteiger partial charge in [-0.05, 0) is 60.4 Å². The van der Waals surface area contributed by atoms with Crippen molar-refractivity contribution in [1.29, 1.82) is 0 Å². The second kappa shape index (κ2) is 11.5. The summed E-state index contributed by atoms with van der Waals surface area (Å²) in [5, 5.41) is 12.2. The highest BCUT2D eigenvalue weighted by molar-refractivity contribution is 7.90. The number of nitrogens with zero attached hydrogens (tertiary/aromatic N) is 4. The predicted molar refractivity (Wildman–Crippen MR) is 158 cm³/mol. The van der Waals surface area contributed by atoms with Crippen molar-refractivity contribution in [2.45, 2.75) is 28.9 Å². The average Bonchev–Trinajstić information content (AvgIpc) is 3.38. The summed E-state index contributed by atoms with van der Waals surface area (Å²) in [6.45, 7) is 0.814. The van der Waals surface area contributed by atoms with E-state index in [1.54, 1.807) is 22.0 Å². The maximum Gasteiger partial charge on any atom is 0.285 e. The molecule has 210 valence electrons. The van der Waals surface area contributed by atoms with Gasteiger partial charge in [-0.1, -0.05) is 65.7 Å². The molecule has 2 N–H and O–H groups in total. The molecule has 9 nitrogen and oxygen atoms in total. The van der Waals surface area contributed by atoms with Crippen molar-refractivity contribution in [3.05, 3.63) is 100 Å². The molecule has 0 amide bonds. The number of rotatable bonds is 5. The van der Waals surface area contributed by atoms with Crippen molar-refractivity contribution in [2.24, 2.45) is 14.6 Å². The zero-order valence-electron chi connectivity index (χ0n) is 21.3. The fraction of sp³-hybridized carbons (Fsp3) is 0.259. The molecular weight excluding hydrogens is 593 g/mol. The number of likely N-dealkylation sites (tertiary alicyclic amines) is 1. The minimum absolute atomic E-state index is 0.0190. The molecule has 2 heterocycles. The largest absolute Gasteiger partial charge is 0.340 e. The highest BCUT2D eigenvalue weighted by Crippen LogP contribution is 2.31. The van der Waals surface area contributed by atoms with Crippen LogP contribution in [0.15, 0.2) is 93.3 Å². The number of guanidine groups is 1. The van der Waals surface area contributed by atoms with Crippen LogP contribution >= 0.6 is 23.2 Å². The molecule has 1 saturated heterocycles. The Morgan fingerprint density at radius 3 is 2.00 bits per heavy atom. The third kappa shape index (κ3) is 6.34. The normalized spacial score (nSPS) is 19.1. The molecule has 3 aromatic rings. The molecule has 5 rings (SSSR count). The first kappa shape index (κ1) is 28.6. The van der Waals surface area contributed by atoms with Crippen LogP contribution in [0.2, 0.25) is 10.0 Å². The van der Waals surface area contributed by atoms with Crippen LogP contribution in [0.5, 0.6) is 0 Å². The number of hydrogen-bond acceptors (Lipinski definition) is 5.